The molecule has 0 aliphatic carbocycles. The molecule has 0 aromatic heterocycles. The molecular formula is C18H28N2O. The molecule has 2 unspecified atom stereocenters. The lowest BCUT2D eigenvalue weighted by Gasteiger charge is -2.37. The smallest absolute Gasteiger partial charge is 0.223 e. The summed E-state index contributed by atoms with van der Waals surface area (Å²) in [6, 6.07) is 8.82. The third-order valence-corrected chi connectivity index (χ3v) is 4.42. The summed E-state index contributed by atoms with van der Waals surface area (Å²) in [6.45, 7) is 8.53. The number of amides is 1. The van der Waals surface area contributed by atoms with E-state index >= 15 is 0 Å². The Morgan fingerprint density at radius 1 is 1.14 bits per heavy atom. The normalized spacial score (nSPS) is 23.8. The second-order valence-electron chi connectivity index (χ2n) is 6.72. The Morgan fingerprint density at radius 2 is 1.76 bits per heavy atom. The third-order valence-electron chi connectivity index (χ3n) is 4.42. The van der Waals surface area contributed by atoms with Crippen molar-refractivity contribution in [2.45, 2.75) is 71.0 Å². The Kier molecular flexibility index (Phi) is 5.04. The first-order chi connectivity index (χ1) is 9.91. The van der Waals surface area contributed by atoms with Gasteiger partial charge in [0.2, 0.25) is 5.91 Å². The van der Waals surface area contributed by atoms with Crippen molar-refractivity contribution < 1.29 is 4.79 Å². The quantitative estimate of drug-likeness (QED) is 0.923. The fourth-order valence-corrected chi connectivity index (χ4v) is 3.23. The van der Waals surface area contributed by atoms with Crippen molar-refractivity contribution in [3.63, 3.8) is 0 Å². The zero-order chi connectivity index (χ0) is 15.6. The van der Waals surface area contributed by atoms with E-state index in [0.717, 1.165) is 18.4 Å². The fourth-order valence-electron chi connectivity index (χ4n) is 3.23. The second-order valence-corrected chi connectivity index (χ2v) is 6.72. The van der Waals surface area contributed by atoms with Crippen LogP contribution in [-0.2, 0) is 4.79 Å². The van der Waals surface area contributed by atoms with Crippen LogP contribution in [0.3, 0.4) is 0 Å². The summed E-state index contributed by atoms with van der Waals surface area (Å²) in [7, 11) is 0. The van der Waals surface area contributed by atoms with Gasteiger partial charge < -0.3 is 10.6 Å². The van der Waals surface area contributed by atoms with Crippen molar-refractivity contribution in [3.05, 3.63) is 35.4 Å². The molecular weight excluding hydrogens is 260 g/mol. The Morgan fingerprint density at radius 3 is 2.29 bits per heavy atom. The monoisotopic (exact) mass is 288 g/mol. The molecule has 0 spiro atoms. The zero-order valence-corrected chi connectivity index (χ0v) is 13.7. The molecule has 2 rings (SSSR count). The maximum absolute atomic E-state index is 12.4. The van der Waals surface area contributed by atoms with E-state index in [1.54, 1.807) is 0 Å². The lowest BCUT2D eigenvalue weighted by atomic mass is 9.93. The maximum atomic E-state index is 12.4. The molecule has 1 saturated heterocycles. The van der Waals surface area contributed by atoms with Gasteiger partial charge in [-0.2, -0.15) is 0 Å². The van der Waals surface area contributed by atoms with Crippen LogP contribution in [0.25, 0.3) is 0 Å². The van der Waals surface area contributed by atoms with Gasteiger partial charge in [0.25, 0.3) is 0 Å². The fraction of sp³-hybridized carbons (Fsp3) is 0.611. The minimum atomic E-state index is 0.00112. The lowest BCUT2D eigenvalue weighted by Crippen LogP contribution is -2.45. The van der Waals surface area contributed by atoms with Crippen LogP contribution in [0, 0.1) is 0 Å². The van der Waals surface area contributed by atoms with E-state index in [0.29, 0.717) is 12.3 Å². The first-order valence-corrected chi connectivity index (χ1v) is 8.08. The van der Waals surface area contributed by atoms with Crippen LogP contribution in [0.2, 0.25) is 0 Å². The van der Waals surface area contributed by atoms with Gasteiger partial charge in [-0.15, -0.1) is 0 Å². The SMILES string of the molecule is CC(C)c1ccc(C2C(N)CCCC(=O)N2C(C)C)cc1. The van der Waals surface area contributed by atoms with Gasteiger partial charge in [0.1, 0.15) is 0 Å². The number of likely N-dealkylation sites (tertiary alicyclic amines) is 1. The molecule has 0 saturated carbocycles. The molecule has 0 bridgehead atoms. The minimum absolute atomic E-state index is 0.00112. The van der Waals surface area contributed by atoms with Crippen molar-refractivity contribution in [1.29, 1.82) is 0 Å². The van der Waals surface area contributed by atoms with Crippen molar-refractivity contribution >= 4 is 5.91 Å². The van der Waals surface area contributed by atoms with Gasteiger partial charge in [-0.3, -0.25) is 4.79 Å². The second kappa shape index (κ2) is 6.61. The molecule has 1 aromatic rings. The van der Waals surface area contributed by atoms with Crippen molar-refractivity contribution in [3.8, 4) is 0 Å². The molecule has 1 heterocycles. The van der Waals surface area contributed by atoms with Crippen LogP contribution in [0.4, 0.5) is 0 Å². The number of benzene rings is 1. The number of carbonyl (C=O) groups excluding carboxylic acids is 1. The van der Waals surface area contributed by atoms with E-state index in [4.69, 9.17) is 5.73 Å². The predicted molar refractivity (Wildman–Crippen MR) is 87.1 cm³/mol. The molecule has 1 aliphatic heterocycles. The number of hydrogen-bond acceptors (Lipinski definition) is 2. The Hall–Kier alpha value is -1.35. The Balaban J connectivity index is 2.37. The number of nitrogens with zero attached hydrogens (tertiary/aromatic N) is 1. The van der Waals surface area contributed by atoms with E-state index in [1.165, 1.54) is 5.56 Å². The molecule has 1 aliphatic rings. The summed E-state index contributed by atoms with van der Waals surface area (Å²) in [5, 5.41) is 0. The molecule has 3 nitrogen and oxygen atoms in total. The molecule has 21 heavy (non-hydrogen) atoms. The van der Waals surface area contributed by atoms with E-state index in [-0.39, 0.29) is 24.0 Å². The summed E-state index contributed by atoms with van der Waals surface area (Å²) >= 11 is 0. The average molecular weight is 288 g/mol. The highest BCUT2D eigenvalue weighted by Crippen LogP contribution is 2.32. The van der Waals surface area contributed by atoms with Gasteiger partial charge in [-0.1, -0.05) is 38.1 Å². The zero-order valence-electron chi connectivity index (χ0n) is 13.7. The predicted octanol–water partition coefficient (Wildman–Crippen LogP) is 3.60. The van der Waals surface area contributed by atoms with Crippen LogP contribution < -0.4 is 5.73 Å². The molecule has 3 heteroatoms. The van der Waals surface area contributed by atoms with Crippen LogP contribution in [0.15, 0.2) is 24.3 Å². The topological polar surface area (TPSA) is 46.3 Å². The van der Waals surface area contributed by atoms with Crippen molar-refractivity contribution in [2.75, 3.05) is 0 Å². The van der Waals surface area contributed by atoms with Gasteiger partial charge in [0.15, 0.2) is 0 Å². The van der Waals surface area contributed by atoms with Crippen molar-refractivity contribution in [1.82, 2.24) is 4.90 Å². The van der Waals surface area contributed by atoms with Gasteiger partial charge in [-0.25, -0.2) is 0 Å². The number of carbonyl (C=O) groups is 1. The van der Waals surface area contributed by atoms with E-state index in [1.807, 2.05) is 4.90 Å². The van der Waals surface area contributed by atoms with E-state index in [2.05, 4.69) is 52.0 Å². The Labute approximate surface area is 128 Å². The first kappa shape index (κ1) is 16.0. The molecule has 2 N–H and O–H groups in total. The summed E-state index contributed by atoms with van der Waals surface area (Å²) in [4.78, 5) is 14.4. The van der Waals surface area contributed by atoms with E-state index in [9.17, 15) is 4.79 Å². The minimum Gasteiger partial charge on any atom is -0.332 e. The molecule has 116 valence electrons. The van der Waals surface area contributed by atoms with Gasteiger partial charge in [0.05, 0.1) is 6.04 Å². The summed E-state index contributed by atoms with van der Waals surface area (Å²) in [6.07, 6.45) is 2.42. The highest BCUT2D eigenvalue weighted by molar-refractivity contribution is 5.77. The standard InChI is InChI=1S/C18H28N2O/c1-12(2)14-8-10-15(11-9-14)18-16(19)6-5-7-17(21)20(18)13(3)4/h8-13,16,18H,5-7,19H2,1-4H3. The van der Waals surface area contributed by atoms with Crippen LogP contribution in [0.5, 0.6) is 0 Å². The molecule has 1 fully saturated rings. The lowest BCUT2D eigenvalue weighted by molar-refractivity contribution is -0.135. The highest BCUT2D eigenvalue weighted by atomic mass is 16.2. The molecule has 1 aromatic carbocycles. The van der Waals surface area contributed by atoms with Crippen molar-refractivity contribution in [2.24, 2.45) is 5.73 Å². The van der Waals surface area contributed by atoms with E-state index < -0.39 is 0 Å². The molecule has 2 atom stereocenters. The highest BCUT2D eigenvalue weighted by Gasteiger charge is 2.34. The van der Waals surface area contributed by atoms with Gasteiger partial charge in [-0.05, 0) is 43.7 Å². The summed E-state index contributed by atoms with van der Waals surface area (Å²) in [5.74, 6) is 0.751. The Bertz CT molecular complexity index is 478. The average Bonchev–Trinajstić information content (AvgIpc) is 2.57. The third kappa shape index (κ3) is 3.46. The van der Waals surface area contributed by atoms with Gasteiger partial charge >= 0.3 is 0 Å². The summed E-state index contributed by atoms with van der Waals surface area (Å²) < 4.78 is 0. The number of hydrogen-bond donors (Lipinski definition) is 1. The first-order valence-electron chi connectivity index (χ1n) is 8.08. The van der Waals surface area contributed by atoms with Crippen LogP contribution in [0.1, 0.15) is 70.0 Å². The summed E-state index contributed by atoms with van der Waals surface area (Å²) in [5.41, 5.74) is 8.89. The largest absolute Gasteiger partial charge is 0.332 e. The number of rotatable bonds is 3. The molecule has 0 radical (unpaired) electrons. The molecule has 1 amide bonds. The maximum Gasteiger partial charge on any atom is 0.223 e. The number of nitrogens with two attached hydrogens (primary N) is 1. The van der Waals surface area contributed by atoms with Crippen LogP contribution >= 0.6 is 0 Å². The van der Waals surface area contributed by atoms with Gasteiger partial charge in [0, 0.05) is 18.5 Å². The van der Waals surface area contributed by atoms with Crippen LogP contribution in [-0.4, -0.2) is 22.9 Å².